The van der Waals surface area contributed by atoms with E-state index in [2.05, 4.69) is 15.1 Å². The van der Waals surface area contributed by atoms with Crippen LogP contribution in [-0.4, -0.2) is 41.1 Å². The summed E-state index contributed by atoms with van der Waals surface area (Å²) in [6.45, 7) is 8.76. The lowest BCUT2D eigenvalue weighted by Gasteiger charge is -2.16. The van der Waals surface area contributed by atoms with Crippen LogP contribution in [0.2, 0.25) is 0 Å². The molecule has 204 valence electrons. The van der Waals surface area contributed by atoms with Crippen molar-refractivity contribution in [2.24, 2.45) is 0 Å². The first kappa shape index (κ1) is 28.7. The first-order valence-corrected chi connectivity index (χ1v) is 13.5. The SMILES string of the molecule is CC[C@@H](C)NS(=O)(=O)c1cc([N+](=O)[O-])ccc1Oc1c(C)c(C(=O)N[C@@H](C)CC)nn1-c1ccc(F)cc1. The van der Waals surface area contributed by atoms with E-state index in [-0.39, 0.29) is 28.9 Å². The van der Waals surface area contributed by atoms with Gasteiger partial charge in [-0.3, -0.25) is 14.9 Å². The molecule has 3 rings (SSSR count). The third-order valence-electron chi connectivity index (χ3n) is 5.95. The number of nitrogens with zero attached hydrogens (tertiary/aromatic N) is 3. The smallest absolute Gasteiger partial charge is 0.272 e. The number of non-ortho nitro benzene ring substituents is 1. The van der Waals surface area contributed by atoms with Gasteiger partial charge in [-0.2, -0.15) is 9.78 Å². The van der Waals surface area contributed by atoms with Crippen LogP contribution in [0.5, 0.6) is 11.6 Å². The van der Waals surface area contributed by atoms with E-state index in [1.165, 1.54) is 35.0 Å². The molecule has 3 aromatic rings. The summed E-state index contributed by atoms with van der Waals surface area (Å²) < 4.78 is 49.8. The van der Waals surface area contributed by atoms with Gasteiger partial charge in [-0.15, -0.1) is 0 Å². The Hall–Kier alpha value is -3.84. The van der Waals surface area contributed by atoms with Gasteiger partial charge in [0.1, 0.15) is 16.5 Å². The minimum absolute atomic E-state index is 0.0141. The molecule has 2 N–H and O–H groups in total. The molecule has 0 bridgehead atoms. The van der Waals surface area contributed by atoms with Gasteiger partial charge < -0.3 is 10.1 Å². The van der Waals surface area contributed by atoms with E-state index in [1.54, 1.807) is 20.8 Å². The second-order valence-corrected chi connectivity index (χ2v) is 10.6. The zero-order valence-corrected chi connectivity index (χ0v) is 22.5. The number of rotatable bonds is 11. The predicted octanol–water partition coefficient (Wildman–Crippen LogP) is 4.63. The van der Waals surface area contributed by atoms with Gasteiger partial charge in [0.25, 0.3) is 11.6 Å². The highest BCUT2D eigenvalue weighted by Gasteiger charge is 2.28. The summed E-state index contributed by atoms with van der Waals surface area (Å²) in [6, 6.07) is 7.84. The maximum absolute atomic E-state index is 13.6. The van der Waals surface area contributed by atoms with Gasteiger partial charge in [0, 0.05) is 29.8 Å². The minimum Gasteiger partial charge on any atom is -0.437 e. The molecule has 0 saturated heterocycles. The maximum Gasteiger partial charge on any atom is 0.272 e. The Morgan fingerprint density at radius 3 is 2.34 bits per heavy atom. The van der Waals surface area contributed by atoms with Crippen molar-refractivity contribution >= 4 is 21.6 Å². The molecule has 0 radical (unpaired) electrons. The standard InChI is InChI=1S/C25H30FN5O6S/c1-6-15(3)27-24(32)23-17(5)25(30(28-23)19-10-8-18(26)9-11-19)37-21-13-12-20(31(33)34)14-22(21)38(35,36)29-16(4)7-2/h8-16,29H,6-7H2,1-5H3,(H,27,32)/t15-,16+/m0/s1. The van der Waals surface area contributed by atoms with Gasteiger partial charge in [0.15, 0.2) is 5.69 Å². The third kappa shape index (κ3) is 6.34. The van der Waals surface area contributed by atoms with Crippen molar-refractivity contribution in [1.29, 1.82) is 0 Å². The molecule has 1 heterocycles. The number of nitro benzene ring substituents is 1. The van der Waals surface area contributed by atoms with Crippen LogP contribution in [0.15, 0.2) is 47.4 Å². The summed E-state index contributed by atoms with van der Waals surface area (Å²) in [5.74, 6) is -1.20. The van der Waals surface area contributed by atoms with Crippen molar-refractivity contribution in [3.63, 3.8) is 0 Å². The average Bonchev–Trinajstić information content (AvgIpc) is 3.19. The lowest BCUT2D eigenvalue weighted by Crippen LogP contribution is -2.32. The third-order valence-corrected chi connectivity index (χ3v) is 7.56. The van der Waals surface area contributed by atoms with E-state index in [4.69, 9.17) is 4.74 Å². The number of carbonyl (C=O) groups excluding carboxylic acids is 1. The summed E-state index contributed by atoms with van der Waals surface area (Å²) in [5, 5.41) is 18.6. The van der Waals surface area contributed by atoms with Crippen LogP contribution in [0, 0.1) is 22.9 Å². The van der Waals surface area contributed by atoms with E-state index in [1.807, 2.05) is 13.8 Å². The number of aromatic nitrogens is 2. The molecule has 2 aromatic carbocycles. The summed E-state index contributed by atoms with van der Waals surface area (Å²) in [7, 11) is -4.24. The number of hydrogen-bond donors (Lipinski definition) is 2. The van der Waals surface area contributed by atoms with Crippen LogP contribution in [0.3, 0.4) is 0 Å². The molecule has 2 atom stereocenters. The molecule has 0 aliphatic heterocycles. The number of nitrogens with one attached hydrogen (secondary N) is 2. The van der Waals surface area contributed by atoms with Crippen LogP contribution in [0.1, 0.15) is 56.6 Å². The minimum atomic E-state index is -4.24. The molecule has 0 spiro atoms. The highest BCUT2D eigenvalue weighted by atomic mass is 32.2. The Labute approximate surface area is 220 Å². The molecule has 0 saturated carbocycles. The summed E-state index contributed by atoms with van der Waals surface area (Å²) >= 11 is 0. The quantitative estimate of drug-likeness (QED) is 0.263. The first-order valence-electron chi connectivity index (χ1n) is 12.0. The maximum atomic E-state index is 13.6. The van der Waals surface area contributed by atoms with E-state index in [0.29, 0.717) is 18.5 Å². The fourth-order valence-electron chi connectivity index (χ4n) is 3.39. The second-order valence-electron chi connectivity index (χ2n) is 8.87. The Bertz CT molecular complexity index is 1440. The number of halogens is 1. The average molecular weight is 548 g/mol. The van der Waals surface area contributed by atoms with Gasteiger partial charge in [0.2, 0.25) is 15.9 Å². The van der Waals surface area contributed by atoms with E-state index in [9.17, 15) is 27.7 Å². The van der Waals surface area contributed by atoms with Crippen LogP contribution in [-0.2, 0) is 10.0 Å². The number of nitro groups is 1. The fourth-order valence-corrected chi connectivity index (χ4v) is 4.86. The summed E-state index contributed by atoms with van der Waals surface area (Å²) in [5.41, 5.74) is 0.204. The molecule has 0 aliphatic carbocycles. The molecule has 11 nitrogen and oxygen atoms in total. The summed E-state index contributed by atoms with van der Waals surface area (Å²) in [6.07, 6.45) is 1.16. The number of carbonyl (C=O) groups is 1. The topological polar surface area (TPSA) is 145 Å². The van der Waals surface area contributed by atoms with Crippen LogP contribution in [0.25, 0.3) is 5.69 Å². The molecule has 0 fully saturated rings. The molecule has 13 heteroatoms. The lowest BCUT2D eigenvalue weighted by atomic mass is 10.2. The number of ether oxygens (including phenoxy) is 1. The Kier molecular flexibility index (Phi) is 8.84. The predicted molar refractivity (Wildman–Crippen MR) is 139 cm³/mol. The highest BCUT2D eigenvalue weighted by Crippen LogP contribution is 2.36. The van der Waals surface area contributed by atoms with Crippen molar-refractivity contribution in [3.05, 3.63) is 69.7 Å². The molecular formula is C25H30FN5O6S. The van der Waals surface area contributed by atoms with Gasteiger partial charge in [-0.25, -0.2) is 17.5 Å². The first-order chi connectivity index (χ1) is 17.9. The van der Waals surface area contributed by atoms with E-state index in [0.717, 1.165) is 12.1 Å². The van der Waals surface area contributed by atoms with E-state index < -0.39 is 43.3 Å². The zero-order valence-electron chi connectivity index (χ0n) is 21.7. The van der Waals surface area contributed by atoms with Crippen molar-refractivity contribution < 1.29 is 27.3 Å². The number of amides is 1. The van der Waals surface area contributed by atoms with Gasteiger partial charge >= 0.3 is 0 Å². The Morgan fingerprint density at radius 1 is 1.13 bits per heavy atom. The van der Waals surface area contributed by atoms with Gasteiger partial charge in [-0.1, -0.05) is 13.8 Å². The highest BCUT2D eigenvalue weighted by molar-refractivity contribution is 7.89. The van der Waals surface area contributed by atoms with Gasteiger partial charge in [0.05, 0.1) is 10.6 Å². The molecule has 1 aromatic heterocycles. The molecule has 38 heavy (non-hydrogen) atoms. The largest absolute Gasteiger partial charge is 0.437 e. The monoisotopic (exact) mass is 547 g/mol. The van der Waals surface area contributed by atoms with E-state index >= 15 is 0 Å². The number of benzene rings is 2. The zero-order chi connectivity index (χ0) is 28.2. The van der Waals surface area contributed by atoms with Gasteiger partial charge in [-0.05, 0) is 63.9 Å². The molecule has 0 unspecified atom stereocenters. The fraction of sp³-hybridized carbons (Fsp3) is 0.360. The van der Waals surface area contributed by atoms with Crippen molar-refractivity contribution in [2.75, 3.05) is 0 Å². The molecule has 1 amide bonds. The number of sulfonamides is 1. The number of hydrogen-bond acceptors (Lipinski definition) is 7. The van der Waals surface area contributed by atoms with Crippen molar-refractivity contribution in [1.82, 2.24) is 19.8 Å². The van der Waals surface area contributed by atoms with Crippen molar-refractivity contribution in [2.45, 2.75) is 64.4 Å². The lowest BCUT2D eigenvalue weighted by molar-refractivity contribution is -0.385. The van der Waals surface area contributed by atoms with Crippen LogP contribution >= 0.6 is 0 Å². The van der Waals surface area contributed by atoms with Crippen molar-refractivity contribution in [3.8, 4) is 17.3 Å². The normalized spacial score (nSPS) is 13.1. The summed E-state index contributed by atoms with van der Waals surface area (Å²) in [4.78, 5) is 23.2. The molecule has 0 aliphatic rings. The molecular weight excluding hydrogens is 517 g/mol. The van der Waals surface area contributed by atoms with Crippen LogP contribution in [0.4, 0.5) is 10.1 Å². The Balaban J connectivity index is 2.19. The Morgan fingerprint density at radius 2 is 1.76 bits per heavy atom. The van der Waals surface area contributed by atoms with Crippen LogP contribution < -0.4 is 14.8 Å². The second kappa shape index (κ2) is 11.7.